The number of carbonyl (C=O) groups is 2. The number of benzene rings is 2. The Morgan fingerprint density at radius 2 is 1.80 bits per heavy atom. The van der Waals surface area contributed by atoms with E-state index in [1.54, 1.807) is 23.7 Å². The number of rotatable bonds is 5. The Balaban J connectivity index is 1.12. The van der Waals surface area contributed by atoms with Gasteiger partial charge in [0.15, 0.2) is 5.82 Å². The highest BCUT2D eigenvalue weighted by atomic mass is 19.1. The molecular formula is C31H29FN6O3. The van der Waals surface area contributed by atoms with E-state index < -0.39 is 17.5 Å². The lowest BCUT2D eigenvalue weighted by atomic mass is 9.99. The Morgan fingerprint density at radius 3 is 2.54 bits per heavy atom. The predicted molar refractivity (Wildman–Crippen MR) is 153 cm³/mol. The summed E-state index contributed by atoms with van der Waals surface area (Å²) in [7, 11) is 1.79. The monoisotopic (exact) mass is 552 g/mol. The van der Waals surface area contributed by atoms with Crippen molar-refractivity contribution in [2.45, 2.75) is 31.4 Å². The number of aromatic nitrogens is 3. The molecule has 2 aromatic heterocycles. The number of hydrogen-bond acceptors (Lipinski definition) is 7. The molecule has 208 valence electrons. The van der Waals surface area contributed by atoms with Crippen molar-refractivity contribution in [1.82, 2.24) is 14.5 Å². The summed E-state index contributed by atoms with van der Waals surface area (Å²) in [5.41, 5.74) is 3.95. The molecule has 2 aliphatic heterocycles. The predicted octanol–water partition coefficient (Wildman–Crippen LogP) is 4.37. The summed E-state index contributed by atoms with van der Waals surface area (Å²) in [6.07, 6.45) is 4.21. The number of nitrogens with zero attached hydrogens (tertiary/aromatic N) is 5. The van der Waals surface area contributed by atoms with E-state index >= 15 is 0 Å². The van der Waals surface area contributed by atoms with Crippen LogP contribution in [0.25, 0.3) is 11.1 Å². The van der Waals surface area contributed by atoms with E-state index in [4.69, 9.17) is 4.74 Å². The average molecular weight is 553 g/mol. The summed E-state index contributed by atoms with van der Waals surface area (Å²) in [4.78, 5) is 39.4. The number of aryl methyl sites for hydroxylation is 1. The number of amides is 1. The maximum Gasteiger partial charge on any atom is 0.298 e. The fraction of sp³-hybridized carbons (Fsp3) is 0.290. The van der Waals surface area contributed by atoms with Crippen LogP contribution in [-0.2, 0) is 11.8 Å². The minimum Gasteiger partial charge on any atom is -0.483 e. The zero-order valence-electron chi connectivity index (χ0n) is 22.8. The van der Waals surface area contributed by atoms with Gasteiger partial charge >= 0.3 is 0 Å². The van der Waals surface area contributed by atoms with Crippen molar-refractivity contribution in [2.24, 2.45) is 7.05 Å². The zero-order chi connectivity index (χ0) is 28.3. The molecule has 0 radical (unpaired) electrons. The second-order valence-corrected chi connectivity index (χ2v) is 11.0. The van der Waals surface area contributed by atoms with Crippen LogP contribution in [0.15, 0.2) is 67.0 Å². The van der Waals surface area contributed by atoms with Gasteiger partial charge in [0.05, 0.1) is 24.1 Å². The Hall–Kier alpha value is -4.73. The number of anilines is 3. The minimum atomic E-state index is -0.703. The molecule has 1 N–H and O–H groups in total. The lowest BCUT2D eigenvalue weighted by Crippen LogP contribution is -2.62. The van der Waals surface area contributed by atoms with Crippen molar-refractivity contribution in [1.29, 1.82) is 0 Å². The SMILES string of the molecule is Cc1cc(-c2ccccc2)c(C(=O)C(=O)Nc2ccc3c(c2)OC2(CC2)C2CN(c4ncc(F)cn4)CCN32)n1C. The number of Topliss-reactive ketones (excluding diaryl/α,β-unsaturated/α-hetero) is 1. The molecule has 1 amide bonds. The van der Waals surface area contributed by atoms with Crippen LogP contribution in [0.5, 0.6) is 5.75 Å². The largest absolute Gasteiger partial charge is 0.483 e. The van der Waals surface area contributed by atoms with Crippen molar-refractivity contribution >= 4 is 29.0 Å². The number of ether oxygens (including phenoxy) is 1. The highest BCUT2D eigenvalue weighted by Crippen LogP contribution is 2.53. The Morgan fingerprint density at radius 1 is 1.05 bits per heavy atom. The summed E-state index contributed by atoms with van der Waals surface area (Å²) in [6, 6.07) is 17.2. The van der Waals surface area contributed by atoms with Crippen LogP contribution in [0.1, 0.15) is 29.0 Å². The van der Waals surface area contributed by atoms with Crippen LogP contribution >= 0.6 is 0 Å². The van der Waals surface area contributed by atoms with Gasteiger partial charge in [-0.3, -0.25) is 9.59 Å². The molecule has 1 saturated heterocycles. The van der Waals surface area contributed by atoms with Gasteiger partial charge in [-0.05, 0) is 43.5 Å². The average Bonchev–Trinajstić information content (AvgIpc) is 3.69. The summed E-state index contributed by atoms with van der Waals surface area (Å²) in [5.74, 6) is -0.558. The topological polar surface area (TPSA) is 92.6 Å². The first-order valence-electron chi connectivity index (χ1n) is 13.7. The first-order valence-corrected chi connectivity index (χ1v) is 13.7. The molecule has 1 unspecified atom stereocenters. The molecule has 1 aliphatic carbocycles. The number of carbonyl (C=O) groups excluding carboxylic acids is 2. The summed E-state index contributed by atoms with van der Waals surface area (Å²) < 4.78 is 21.7. The molecule has 2 fully saturated rings. The van der Waals surface area contributed by atoms with Gasteiger partial charge < -0.3 is 24.4 Å². The highest BCUT2D eigenvalue weighted by Gasteiger charge is 2.58. The van der Waals surface area contributed by atoms with E-state index in [2.05, 4.69) is 25.1 Å². The molecule has 10 heteroatoms. The quantitative estimate of drug-likeness (QED) is 0.290. The Labute approximate surface area is 236 Å². The standard InChI is InChI=1S/C31H29FN6O3/c1-19-14-23(20-6-4-3-5-7-20)27(36(19)2)28(39)29(40)35-22-8-9-24-25(15-22)41-31(10-11-31)26-18-37(12-13-38(24)26)30-33-16-21(32)17-34-30/h3-9,14-17,26H,10-13,18H2,1-2H3,(H,35,40). The first kappa shape index (κ1) is 25.3. The van der Waals surface area contributed by atoms with Gasteiger partial charge in [0.25, 0.3) is 11.7 Å². The van der Waals surface area contributed by atoms with E-state index in [0.717, 1.165) is 41.9 Å². The van der Waals surface area contributed by atoms with Crippen LogP contribution in [0, 0.1) is 12.7 Å². The van der Waals surface area contributed by atoms with Crippen LogP contribution in [0.2, 0.25) is 0 Å². The van der Waals surface area contributed by atoms with Gasteiger partial charge in [0.2, 0.25) is 5.95 Å². The highest BCUT2D eigenvalue weighted by molar-refractivity contribution is 6.47. The summed E-state index contributed by atoms with van der Waals surface area (Å²) >= 11 is 0. The first-order chi connectivity index (χ1) is 19.8. The molecule has 4 aromatic rings. The van der Waals surface area contributed by atoms with E-state index in [1.165, 1.54) is 12.4 Å². The normalized spacial score (nSPS) is 18.4. The fourth-order valence-corrected chi connectivity index (χ4v) is 6.07. The second-order valence-electron chi connectivity index (χ2n) is 11.0. The number of piperazine rings is 1. The zero-order valence-corrected chi connectivity index (χ0v) is 22.8. The van der Waals surface area contributed by atoms with Crippen LogP contribution in [0.4, 0.5) is 21.7 Å². The van der Waals surface area contributed by atoms with Crippen molar-refractivity contribution in [3.63, 3.8) is 0 Å². The van der Waals surface area contributed by atoms with Gasteiger partial charge in [0.1, 0.15) is 17.0 Å². The van der Waals surface area contributed by atoms with Gasteiger partial charge in [-0.15, -0.1) is 0 Å². The molecule has 1 atom stereocenters. The van der Waals surface area contributed by atoms with Crippen molar-refractivity contribution in [3.8, 4) is 16.9 Å². The van der Waals surface area contributed by atoms with E-state index in [1.807, 2.05) is 49.4 Å². The Kier molecular flexibility index (Phi) is 5.81. The maximum atomic E-state index is 13.4. The smallest absolute Gasteiger partial charge is 0.298 e. The lowest BCUT2D eigenvalue weighted by molar-refractivity contribution is -0.112. The summed E-state index contributed by atoms with van der Waals surface area (Å²) in [5, 5.41) is 2.80. The minimum absolute atomic E-state index is 0.0939. The van der Waals surface area contributed by atoms with Crippen LogP contribution in [-0.4, -0.2) is 57.5 Å². The van der Waals surface area contributed by atoms with Crippen LogP contribution < -0.4 is 19.9 Å². The van der Waals surface area contributed by atoms with Gasteiger partial charge in [-0.25, -0.2) is 14.4 Å². The van der Waals surface area contributed by atoms with Crippen molar-refractivity contribution in [3.05, 3.63) is 84.2 Å². The van der Waals surface area contributed by atoms with E-state index in [0.29, 0.717) is 36.2 Å². The maximum absolute atomic E-state index is 13.4. The molecule has 3 aliphatic rings. The van der Waals surface area contributed by atoms with Crippen LogP contribution in [0.3, 0.4) is 0 Å². The Bertz CT molecular complexity index is 1670. The number of ketones is 1. The third-order valence-corrected chi connectivity index (χ3v) is 8.44. The molecule has 1 saturated carbocycles. The second kappa shape index (κ2) is 9.43. The molecule has 4 heterocycles. The van der Waals surface area contributed by atoms with Gasteiger partial charge in [-0.2, -0.15) is 0 Å². The molecular weight excluding hydrogens is 523 g/mol. The molecule has 1 spiro atoms. The van der Waals surface area contributed by atoms with Crippen molar-refractivity contribution < 1.29 is 18.7 Å². The number of hydrogen-bond donors (Lipinski definition) is 1. The number of nitrogens with one attached hydrogen (secondary N) is 1. The fourth-order valence-electron chi connectivity index (χ4n) is 6.07. The molecule has 9 nitrogen and oxygen atoms in total. The van der Waals surface area contributed by atoms with Gasteiger partial charge in [-0.1, -0.05) is 30.3 Å². The summed E-state index contributed by atoms with van der Waals surface area (Å²) in [6.45, 7) is 3.99. The van der Waals surface area contributed by atoms with E-state index in [-0.39, 0.29) is 11.6 Å². The number of fused-ring (bicyclic) bond motifs is 4. The lowest BCUT2D eigenvalue weighted by Gasteiger charge is -2.49. The third-order valence-electron chi connectivity index (χ3n) is 8.44. The van der Waals surface area contributed by atoms with Gasteiger partial charge in [0, 0.05) is 49.7 Å². The number of halogens is 1. The molecule has 41 heavy (non-hydrogen) atoms. The molecule has 2 aromatic carbocycles. The third kappa shape index (κ3) is 4.30. The molecule has 0 bridgehead atoms. The van der Waals surface area contributed by atoms with Crippen molar-refractivity contribution in [2.75, 3.05) is 34.8 Å². The molecule has 7 rings (SSSR count). The van der Waals surface area contributed by atoms with E-state index in [9.17, 15) is 14.0 Å².